The first-order chi connectivity index (χ1) is 19.1. The second-order valence-corrected chi connectivity index (χ2v) is 10.4. The molecule has 4 rings (SSSR count). The number of carboxylic acids is 1. The Morgan fingerprint density at radius 3 is 2.52 bits per heavy atom. The highest BCUT2D eigenvalue weighted by Gasteiger charge is 2.35. The number of nitrogens with one attached hydrogen (secondary N) is 3. The number of hydrogen-bond acceptors (Lipinski definition) is 5. The highest BCUT2D eigenvalue weighted by molar-refractivity contribution is 9.10. The molecule has 1 saturated heterocycles. The van der Waals surface area contributed by atoms with E-state index in [9.17, 15) is 23.9 Å². The molecule has 1 heterocycles. The minimum absolute atomic E-state index is 0.00809. The van der Waals surface area contributed by atoms with Crippen LogP contribution in [0, 0.1) is 6.92 Å². The minimum atomic E-state index is -1.13. The first-order valence-corrected chi connectivity index (χ1v) is 13.4. The van der Waals surface area contributed by atoms with Gasteiger partial charge in [0.15, 0.2) is 0 Å². The van der Waals surface area contributed by atoms with Crippen molar-refractivity contribution in [3.05, 3.63) is 81.8 Å². The number of urea groups is 1. The van der Waals surface area contributed by atoms with E-state index in [0.29, 0.717) is 40.5 Å². The lowest BCUT2D eigenvalue weighted by Crippen LogP contribution is -2.40. The molecule has 3 aromatic rings. The van der Waals surface area contributed by atoms with Gasteiger partial charge < -0.3 is 30.7 Å². The Labute approximate surface area is 239 Å². The molecule has 0 saturated carbocycles. The Morgan fingerprint density at radius 2 is 1.82 bits per heavy atom. The van der Waals surface area contributed by atoms with Gasteiger partial charge in [-0.1, -0.05) is 18.2 Å². The Bertz CT molecular complexity index is 1420. The van der Waals surface area contributed by atoms with Gasteiger partial charge in [0.25, 0.3) is 0 Å². The standard InChI is InChI=1S/C29H30BrFN4O5/c1-17-11-20(8-9-22(17)28(37)38)32-15-21-14-19(31)16-35(21)27(36)13-18-7-10-25(26(12-18)40-2)34-29(39)33-24-6-4-3-5-23(24)30/h3-12,19,21,32H,13-16H2,1-2H3,(H,37,38)(H2,33,34,39). The summed E-state index contributed by atoms with van der Waals surface area (Å²) < 4.78 is 20.6. The van der Waals surface area contributed by atoms with E-state index in [1.54, 1.807) is 54.3 Å². The van der Waals surface area contributed by atoms with Crippen molar-refractivity contribution in [1.29, 1.82) is 0 Å². The number of amides is 3. The molecule has 0 aliphatic carbocycles. The maximum Gasteiger partial charge on any atom is 0.335 e. The summed E-state index contributed by atoms with van der Waals surface area (Å²) in [6, 6.07) is 16.4. The highest BCUT2D eigenvalue weighted by Crippen LogP contribution is 2.28. The molecule has 0 bridgehead atoms. The van der Waals surface area contributed by atoms with Crippen LogP contribution in [0.15, 0.2) is 65.1 Å². The number of anilines is 3. The number of likely N-dealkylation sites (tertiary alicyclic amines) is 1. The number of aryl methyl sites for hydroxylation is 1. The van der Waals surface area contributed by atoms with Gasteiger partial charge in [0.1, 0.15) is 11.9 Å². The summed E-state index contributed by atoms with van der Waals surface area (Å²) >= 11 is 3.39. The van der Waals surface area contributed by atoms with Crippen LogP contribution in [-0.2, 0) is 11.2 Å². The van der Waals surface area contributed by atoms with Gasteiger partial charge in [0, 0.05) is 23.1 Å². The number of carbonyl (C=O) groups excluding carboxylic acids is 2. The molecule has 11 heteroatoms. The fourth-order valence-electron chi connectivity index (χ4n) is 4.67. The van der Waals surface area contributed by atoms with Crippen LogP contribution >= 0.6 is 15.9 Å². The van der Waals surface area contributed by atoms with Gasteiger partial charge in [-0.25, -0.2) is 14.0 Å². The maximum atomic E-state index is 14.4. The Morgan fingerprint density at radius 1 is 1.07 bits per heavy atom. The number of halogens is 2. The summed E-state index contributed by atoms with van der Waals surface area (Å²) in [6.45, 7) is 2.05. The molecule has 9 nitrogen and oxygen atoms in total. The van der Waals surface area contributed by atoms with Crippen molar-refractivity contribution in [1.82, 2.24) is 4.90 Å². The van der Waals surface area contributed by atoms with E-state index < -0.39 is 18.2 Å². The molecule has 210 valence electrons. The van der Waals surface area contributed by atoms with E-state index in [1.807, 2.05) is 12.1 Å². The summed E-state index contributed by atoms with van der Waals surface area (Å²) in [7, 11) is 1.47. The number of aromatic carboxylic acids is 1. The van der Waals surface area contributed by atoms with Crippen molar-refractivity contribution in [2.45, 2.75) is 32.0 Å². The smallest absolute Gasteiger partial charge is 0.335 e. The van der Waals surface area contributed by atoms with Crippen LogP contribution in [0.5, 0.6) is 5.75 Å². The zero-order valence-electron chi connectivity index (χ0n) is 22.0. The number of nitrogens with zero attached hydrogens (tertiary/aromatic N) is 1. The normalized spacial score (nSPS) is 16.4. The van der Waals surface area contributed by atoms with Crippen LogP contribution in [0.4, 0.5) is 26.2 Å². The number of ether oxygens (including phenoxy) is 1. The maximum absolute atomic E-state index is 14.4. The van der Waals surface area contributed by atoms with Gasteiger partial charge in [0.2, 0.25) is 5.91 Å². The zero-order valence-corrected chi connectivity index (χ0v) is 23.6. The van der Waals surface area contributed by atoms with E-state index in [4.69, 9.17) is 4.74 Å². The first-order valence-electron chi connectivity index (χ1n) is 12.7. The van der Waals surface area contributed by atoms with Crippen molar-refractivity contribution < 1.29 is 28.6 Å². The molecule has 3 aromatic carbocycles. The number of benzene rings is 3. The largest absolute Gasteiger partial charge is 0.495 e. The van der Waals surface area contributed by atoms with Gasteiger partial charge in [-0.15, -0.1) is 0 Å². The quantitative estimate of drug-likeness (QED) is 0.246. The Balaban J connectivity index is 1.38. The summed E-state index contributed by atoms with van der Waals surface area (Å²) in [6.07, 6.45) is -0.879. The summed E-state index contributed by atoms with van der Waals surface area (Å²) in [5.41, 5.74) is 3.22. The third-order valence-electron chi connectivity index (χ3n) is 6.67. The monoisotopic (exact) mass is 612 g/mol. The van der Waals surface area contributed by atoms with Crippen molar-refractivity contribution in [3.8, 4) is 5.75 Å². The van der Waals surface area contributed by atoms with Crippen molar-refractivity contribution >= 4 is 50.9 Å². The number of alkyl halides is 1. The fraction of sp³-hybridized carbons (Fsp3) is 0.276. The minimum Gasteiger partial charge on any atom is -0.495 e. The number of methoxy groups -OCH3 is 1. The molecular weight excluding hydrogens is 583 g/mol. The predicted molar refractivity (Wildman–Crippen MR) is 155 cm³/mol. The zero-order chi connectivity index (χ0) is 28.8. The van der Waals surface area contributed by atoms with Crippen LogP contribution in [-0.4, -0.2) is 60.3 Å². The van der Waals surface area contributed by atoms with Gasteiger partial charge in [-0.05, 0) is 76.4 Å². The van der Waals surface area contributed by atoms with Crippen molar-refractivity contribution in [2.24, 2.45) is 0 Å². The fourth-order valence-corrected chi connectivity index (χ4v) is 5.06. The third-order valence-corrected chi connectivity index (χ3v) is 7.37. The predicted octanol–water partition coefficient (Wildman–Crippen LogP) is 5.70. The number of rotatable bonds is 9. The van der Waals surface area contributed by atoms with E-state index in [0.717, 1.165) is 4.47 Å². The Hall–Kier alpha value is -4.12. The van der Waals surface area contributed by atoms with Gasteiger partial charge in [0.05, 0.1) is 43.1 Å². The van der Waals surface area contributed by atoms with Gasteiger partial charge >= 0.3 is 12.0 Å². The molecule has 2 atom stereocenters. The van der Waals surface area contributed by atoms with Crippen LogP contribution in [0.2, 0.25) is 0 Å². The number of carbonyl (C=O) groups is 3. The highest BCUT2D eigenvalue weighted by atomic mass is 79.9. The summed E-state index contributed by atoms with van der Waals surface area (Å²) in [4.78, 5) is 38.5. The van der Waals surface area contributed by atoms with Crippen LogP contribution in [0.1, 0.15) is 27.9 Å². The van der Waals surface area contributed by atoms with Crippen molar-refractivity contribution in [2.75, 3.05) is 36.1 Å². The molecule has 1 fully saturated rings. The van der Waals surface area contributed by atoms with E-state index in [2.05, 4.69) is 31.9 Å². The molecule has 3 amide bonds. The molecule has 1 aliphatic heterocycles. The van der Waals surface area contributed by atoms with E-state index in [-0.39, 0.29) is 36.9 Å². The second kappa shape index (κ2) is 12.8. The van der Waals surface area contributed by atoms with Gasteiger partial charge in [-0.2, -0.15) is 0 Å². The second-order valence-electron chi connectivity index (χ2n) is 9.52. The summed E-state index contributed by atoms with van der Waals surface area (Å²) in [5, 5.41) is 17.9. The number of para-hydroxylation sites is 1. The molecule has 0 spiro atoms. The molecule has 0 aromatic heterocycles. The molecule has 1 aliphatic rings. The van der Waals surface area contributed by atoms with Gasteiger partial charge in [-0.3, -0.25) is 4.79 Å². The topological polar surface area (TPSA) is 120 Å². The molecule has 40 heavy (non-hydrogen) atoms. The molecule has 4 N–H and O–H groups in total. The molecular formula is C29H30BrFN4O5. The van der Waals surface area contributed by atoms with Crippen LogP contribution < -0.4 is 20.7 Å². The van der Waals surface area contributed by atoms with Crippen molar-refractivity contribution in [3.63, 3.8) is 0 Å². The van der Waals surface area contributed by atoms with Crippen LogP contribution in [0.3, 0.4) is 0 Å². The third kappa shape index (κ3) is 7.09. The molecule has 0 radical (unpaired) electrons. The average Bonchev–Trinajstić information content (AvgIpc) is 3.30. The van der Waals surface area contributed by atoms with E-state index in [1.165, 1.54) is 13.2 Å². The average molecular weight is 613 g/mol. The summed E-state index contributed by atoms with van der Waals surface area (Å²) in [5.74, 6) is -0.837. The first kappa shape index (κ1) is 28.9. The SMILES string of the molecule is COc1cc(CC(=O)N2CC(F)CC2CNc2ccc(C(=O)O)c(C)c2)ccc1NC(=O)Nc1ccccc1Br. The number of carboxylic acid groups (broad SMARTS) is 1. The lowest BCUT2D eigenvalue weighted by Gasteiger charge is -2.25. The van der Waals surface area contributed by atoms with Crippen LogP contribution in [0.25, 0.3) is 0 Å². The lowest BCUT2D eigenvalue weighted by atomic mass is 10.1. The Kier molecular flexibility index (Phi) is 9.26. The number of hydrogen-bond donors (Lipinski definition) is 4. The van der Waals surface area contributed by atoms with E-state index >= 15 is 0 Å². The lowest BCUT2D eigenvalue weighted by molar-refractivity contribution is -0.131. The molecule has 2 unspecified atom stereocenters.